The number of carbonyl (C=O) groups excluding carboxylic acids is 1. The summed E-state index contributed by atoms with van der Waals surface area (Å²) in [4.78, 5) is 14.7. The van der Waals surface area contributed by atoms with E-state index in [1.165, 1.54) is 39.5 Å². The van der Waals surface area contributed by atoms with Gasteiger partial charge < -0.3 is 14.8 Å². The third kappa shape index (κ3) is 4.24. The molecule has 1 aliphatic heterocycles. The van der Waals surface area contributed by atoms with Crippen molar-refractivity contribution < 1.29 is 9.18 Å². The zero-order valence-electron chi connectivity index (χ0n) is 20.3. The molecule has 6 heteroatoms. The molecular formula is C28H32FN3OS. The number of carbonyl (C=O) groups is 1. The van der Waals surface area contributed by atoms with Gasteiger partial charge >= 0.3 is 0 Å². The summed E-state index contributed by atoms with van der Waals surface area (Å²) < 4.78 is 16.3. The van der Waals surface area contributed by atoms with E-state index in [0.29, 0.717) is 6.54 Å². The molecule has 178 valence electrons. The van der Waals surface area contributed by atoms with Gasteiger partial charge in [0.05, 0.1) is 0 Å². The maximum Gasteiger partial charge on any atom is 0.222 e. The zero-order chi connectivity index (χ0) is 24.0. The fourth-order valence-corrected chi connectivity index (χ4v) is 6.28. The molecule has 1 amide bonds. The summed E-state index contributed by atoms with van der Waals surface area (Å²) in [5, 5.41) is 7.00. The van der Waals surface area contributed by atoms with Gasteiger partial charge in [-0.2, -0.15) is 0 Å². The van der Waals surface area contributed by atoms with E-state index in [1.54, 1.807) is 12.1 Å². The van der Waals surface area contributed by atoms with Crippen LogP contribution in [0.1, 0.15) is 55.0 Å². The van der Waals surface area contributed by atoms with Crippen molar-refractivity contribution in [1.82, 2.24) is 14.8 Å². The van der Waals surface area contributed by atoms with E-state index >= 15 is 0 Å². The van der Waals surface area contributed by atoms with Crippen LogP contribution in [0.5, 0.6) is 0 Å². The van der Waals surface area contributed by atoms with Crippen molar-refractivity contribution in [2.24, 2.45) is 5.92 Å². The summed E-state index contributed by atoms with van der Waals surface area (Å²) in [6.45, 7) is 6.66. The number of allylic oxidation sites excluding steroid dienone is 1. The minimum Gasteiger partial charge on any atom is -0.361 e. The van der Waals surface area contributed by atoms with Crippen LogP contribution >= 0.6 is 11.8 Å². The third-order valence-corrected chi connectivity index (χ3v) is 8.48. The van der Waals surface area contributed by atoms with Crippen molar-refractivity contribution in [2.75, 3.05) is 7.05 Å². The van der Waals surface area contributed by atoms with Crippen molar-refractivity contribution in [3.8, 4) is 0 Å². The molecule has 0 radical (unpaired) electrons. The van der Waals surface area contributed by atoms with Gasteiger partial charge in [-0.1, -0.05) is 32.0 Å². The van der Waals surface area contributed by atoms with E-state index in [-0.39, 0.29) is 29.1 Å². The molecule has 0 saturated carbocycles. The Morgan fingerprint density at radius 2 is 2.06 bits per heavy atom. The largest absolute Gasteiger partial charge is 0.361 e. The number of amides is 1. The first kappa shape index (κ1) is 23.0. The maximum atomic E-state index is 13.9. The fourth-order valence-electron chi connectivity index (χ4n) is 5.14. The number of fused-ring (bicyclic) bond motifs is 3. The van der Waals surface area contributed by atoms with Crippen molar-refractivity contribution >= 4 is 28.6 Å². The molecule has 3 aromatic rings. The quantitative estimate of drug-likeness (QED) is 0.490. The molecule has 1 unspecified atom stereocenters. The lowest BCUT2D eigenvalue weighted by Gasteiger charge is -2.26. The van der Waals surface area contributed by atoms with Crippen molar-refractivity contribution in [3.05, 3.63) is 81.8 Å². The minimum atomic E-state index is -0.203. The SMILES string of the molecule is CC1=CS[C@H](c2ccc3c(c2)c2c(n3Cc3cccc(F)c3)CCC(NC(=O)C(C)C)C2)N1C. The number of hydrogen-bond acceptors (Lipinski definition) is 3. The molecule has 0 fully saturated rings. The van der Waals surface area contributed by atoms with Crippen LogP contribution in [0.25, 0.3) is 10.9 Å². The summed E-state index contributed by atoms with van der Waals surface area (Å²) in [6, 6.07) is 13.8. The van der Waals surface area contributed by atoms with Crippen LogP contribution in [0.4, 0.5) is 4.39 Å². The molecule has 2 heterocycles. The molecule has 0 bridgehead atoms. The summed E-state index contributed by atoms with van der Waals surface area (Å²) in [5.41, 5.74) is 7.34. The number of halogens is 1. The van der Waals surface area contributed by atoms with Gasteiger partial charge in [0, 0.05) is 47.8 Å². The molecule has 2 aromatic carbocycles. The van der Waals surface area contributed by atoms with E-state index in [4.69, 9.17) is 0 Å². The monoisotopic (exact) mass is 477 g/mol. The second kappa shape index (κ2) is 9.14. The van der Waals surface area contributed by atoms with Crippen molar-refractivity contribution in [2.45, 2.75) is 58.0 Å². The number of aromatic nitrogens is 1. The van der Waals surface area contributed by atoms with Crippen LogP contribution in [0.2, 0.25) is 0 Å². The van der Waals surface area contributed by atoms with Gasteiger partial charge in [0.2, 0.25) is 5.91 Å². The van der Waals surface area contributed by atoms with E-state index in [2.05, 4.69) is 52.4 Å². The number of hydrogen-bond donors (Lipinski definition) is 1. The fraction of sp³-hybridized carbons (Fsp3) is 0.393. The Kier molecular flexibility index (Phi) is 6.19. The van der Waals surface area contributed by atoms with E-state index in [0.717, 1.165) is 24.8 Å². The summed E-state index contributed by atoms with van der Waals surface area (Å²) in [6.07, 6.45) is 2.65. The van der Waals surface area contributed by atoms with Crippen molar-refractivity contribution in [3.63, 3.8) is 0 Å². The Hall–Kier alpha value is -2.73. The normalized spacial score (nSPS) is 20.1. The van der Waals surface area contributed by atoms with Gasteiger partial charge in [-0.25, -0.2) is 4.39 Å². The topological polar surface area (TPSA) is 37.3 Å². The predicted octanol–water partition coefficient (Wildman–Crippen LogP) is 6.00. The first-order valence-electron chi connectivity index (χ1n) is 12.1. The molecule has 1 N–H and O–H groups in total. The summed E-state index contributed by atoms with van der Waals surface area (Å²) in [7, 11) is 2.14. The van der Waals surface area contributed by atoms with Crippen LogP contribution < -0.4 is 5.32 Å². The Balaban J connectivity index is 1.56. The number of nitrogens with zero attached hydrogens (tertiary/aromatic N) is 2. The average molecular weight is 478 g/mol. The van der Waals surface area contributed by atoms with E-state index < -0.39 is 0 Å². The first-order chi connectivity index (χ1) is 16.3. The minimum absolute atomic E-state index is 0.0204. The maximum absolute atomic E-state index is 13.9. The molecule has 34 heavy (non-hydrogen) atoms. The van der Waals surface area contributed by atoms with Gasteiger partial charge in [-0.15, -0.1) is 11.8 Å². The summed E-state index contributed by atoms with van der Waals surface area (Å²) >= 11 is 1.84. The Morgan fingerprint density at radius 3 is 2.76 bits per heavy atom. The van der Waals surface area contributed by atoms with Crippen LogP contribution in [0.3, 0.4) is 0 Å². The second-order valence-electron chi connectivity index (χ2n) is 9.88. The second-order valence-corrected chi connectivity index (χ2v) is 10.8. The highest BCUT2D eigenvalue weighted by atomic mass is 32.2. The zero-order valence-corrected chi connectivity index (χ0v) is 21.1. The van der Waals surface area contributed by atoms with Gasteiger partial charge in [-0.3, -0.25) is 4.79 Å². The average Bonchev–Trinajstić information content (AvgIpc) is 3.30. The highest BCUT2D eigenvalue weighted by Gasteiger charge is 2.29. The standard InChI is InChI=1S/C28H32FN3OS/c1-17(2)27(33)30-22-9-11-26-24(14-22)23-13-20(28-31(4)18(3)16-34-28)8-10-25(23)32(26)15-19-6-5-7-21(29)12-19/h5-8,10,12-13,16-17,22,28H,9,11,14-15H2,1-4H3,(H,30,33)/t22?,28-/m1/s1. The Bertz CT molecular complexity index is 1280. The highest BCUT2D eigenvalue weighted by Crippen LogP contribution is 2.43. The molecule has 4 nitrogen and oxygen atoms in total. The van der Waals surface area contributed by atoms with E-state index in [9.17, 15) is 9.18 Å². The van der Waals surface area contributed by atoms with Crippen molar-refractivity contribution in [1.29, 1.82) is 0 Å². The van der Waals surface area contributed by atoms with Crippen LogP contribution in [-0.4, -0.2) is 28.5 Å². The molecule has 0 spiro atoms. The lowest BCUT2D eigenvalue weighted by Crippen LogP contribution is -2.41. The molecule has 0 saturated heterocycles. The lowest BCUT2D eigenvalue weighted by molar-refractivity contribution is -0.124. The lowest BCUT2D eigenvalue weighted by atomic mass is 9.90. The number of nitrogens with one attached hydrogen (secondary N) is 1. The predicted molar refractivity (Wildman–Crippen MR) is 138 cm³/mol. The Morgan fingerprint density at radius 1 is 1.24 bits per heavy atom. The van der Waals surface area contributed by atoms with Gasteiger partial charge in [-0.05, 0) is 72.6 Å². The molecule has 2 atom stereocenters. The summed E-state index contributed by atoms with van der Waals surface area (Å²) in [5.74, 6) is -0.109. The smallest absolute Gasteiger partial charge is 0.222 e. The Labute approximate surface area is 205 Å². The first-order valence-corrected chi connectivity index (χ1v) is 13.0. The van der Waals surface area contributed by atoms with Crippen LogP contribution in [-0.2, 0) is 24.2 Å². The number of benzene rings is 2. The van der Waals surface area contributed by atoms with Gasteiger partial charge in [0.15, 0.2) is 0 Å². The number of rotatable bonds is 5. The van der Waals surface area contributed by atoms with Gasteiger partial charge in [0.1, 0.15) is 11.2 Å². The van der Waals surface area contributed by atoms with Crippen LogP contribution in [0, 0.1) is 11.7 Å². The molecular weight excluding hydrogens is 445 g/mol. The van der Waals surface area contributed by atoms with E-state index in [1.807, 2.05) is 31.7 Å². The highest BCUT2D eigenvalue weighted by molar-refractivity contribution is 8.02. The molecule has 5 rings (SSSR count). The third-order valence-electron chi connectivity index (χ3n) is 7.15. The molecule has 2 aliphatic rings. The molecule has 1 aliphatic carbocycles. The van der Waals surface area contributed by atoms with Crippen LogP contribution in [0.15, 0.2) is 53.6 Å². The molecule has 1 aromatic heterocycles. The number of thioether (sulfide) groups is 1. The van der Waals surface area contributed by atoms with Gasteiger partial charge in [0.25, 0.3) is 0 Å².